The molecule has 0 aliphatic rings. The van der Waals surface area contributed by atoms with Gasteiger partial charge in [0, 0.05) is 6.54 Å². The van der Waals surface area contributed by atoms with Crippen molar-refractivity contribution >= 4 is 0 Å². The van der Waals surface area contributed by atoms with Crippen molar-refractivity contribution in [3.63, 3.8) is 0 Å². The van der Waals surface area contributed by atoms with Gasteiger partial charge in [-0.1, -0.05) is 44.6 Å². The Bertz CT molecular complexity index is 136. The maximum atomic E-state index is 3.06. The first-order valence-electron chi connectivity index (χ1n) is 4.79. The molecule has 0 amide bonds. The second kappa shape index (κ2) is 8.54. The van der Waals surface area contributed by atoms with E-state index in [9.17, 15) is 0 Å². The number of hydrogen-bond acceptors (Lipinski definition) is 1. The van der Waals surface area contributed by atoms with Crippen molar-refractivity contribution in [3.8, 4) is 0 Å². The van der Waals surface area contributed by atoms with Crippen molar-refractivity contribution in [1.29, 1.82) is 0 Å². The van der Waals surface area contributed by atoms with Gasteiger partial charge in [-0.3, -0.25) is 0 Å². The Labute approximate surface area is 76.6 Å². The summed E-state index contributed by atoms with van der Waals surface area (Å²) in [6, 6.07) is 0. The van der Waals surface area contributed by atoms with Gasteiger partial charge in [0.05, 0.1) is 0 Å². The number of likely N-dealkylation sites (N-methyl/N-ethyl adjacent to an activating group) is 1. The Hall–Kier alpha value is -0.560. The summed E-state index contributed by atoms with van der Waals surface area (Å²) in [6.45, 7) is 5.43. The predicted octanol–water partition coefficient (Wildman–Crippen LogP) is 2.75. The Balaban J connectivity index is 3.46. The molecule has 0 aliphatic carbocycles. The average molecular weight is 167 g/mol. The first-order chi connectivity index (χ1) is 5.81. The molecule has 1 nitrogen and oxygen atoms in total. The quantitative estimate of drug-likeness (QED) is 0.600. The average Bonchev–Trinajstić information content (AvgIpc) is 2.05. The highest BCUT2D eigenvalue weighted by Gasteiger charge is 1.91. The summed E-state index contributed by atoms with van der Waals surface area (Å²) in [4.78, 5) is 0. The molecule has 12 heavy (non-hydrogen) atoms. The number of hydrogen-bond donors (Lipinski definition) is 1. The van der Waals surface area contributed by atoms with Crippen molar-refractivity contribution < 1.29 is 0 Å². The van der Waals surface area contributed by atoms with Crippen LogP contribution in [0.3, 0.4) is 0 Å². The zero-order valence-electron chi connectivity index (χ0n) is 8.51. The third-order valence-corrected chi connectivity index (χ3v) is 1.75. The molecule has 0 bridgehead atoms. The standard InChI is InChI=1S/C11H21N/c1-4-8-11(2)9-6-5-7-10-12-3/h5-7,9,11-12H,4,8,10H2,1-3H3/b7-5+,9-6-. The topological polar surface area (TPSA) is 12.0 Å². The molecule has 1 unspecified atom stereocenters. The molecule has 0 saturated heterocycles. The maximum Gasteiger partial charge on any atom is 0.0134 e. The van der Waals surface area contributed by atoms with E-state index in [0.717, 1.165) is 6.54 Å². The highest BCUT2D eigenvalue weighted by atomic mass is 14.8. The van der Waals surface area contributed by atoms with Gasteiger partial charge in [0.1, 0.15) is 0 Å². The summed E-state index contributed by atoms with van der Waals surface area (Å²) in [5.74, 6) is 0.717. The number of allylic oxidation sites excluding steroid dienone is 3. The third-order valence-electron chi connectivity index (χ3n) is 1.75. The van der Waals surface area contributed by atoms with Crippen LogP contribution in [0.15, 0.2) is 24.3 Å². The smallest absolute Gasteiger partial charge is 0.0134 e. The molecule has 0 fully saturated rings. The summed E-state index contributed by atoms with van der Waals surface area (Å²) in [6.07, 6.45) is 11.2. The highest BCUT2D eigenvalue weighted by Crippen LogP contribution is 2.05. The number of rotatable bonds is 6. The lowest BCUT2D eigenvalue weighted by Crippen LogP contribution is -2.03. The fraction of sp³-hybridized carbons (Fsp3) is 0.636. The minimum absolute atomic E-state index is 0.717. The van der Waals surface area contributed by atoms with E-state index in [1.807, 2.05) is 7.05 Å². The van der Waals surface area contributed by atoms with Gasteiger partial charge in [0.2, 0.25) is 0 Å². The molecular formula is C11H21N. The molecule has 0 spiro atoms. The molecule has 0 rings (SSSR count). The third kappa shape index (κ3) is 7.55. The molecule has 0 aromatic carbocycles. The van der Waals surface area contributed by atoms with Gasteiger partial charge < -0.3 is 5.32 Å². The second-order valence-electron chi connectivity index (χ2n) is 3.14. The minimum Gasteiger partial charge on any atom is -0.316 e. The van der Waals surface area contributed by atoms with E-state index in [1.54, 1.807) is 0 Å². The van der Waals surface area contributed by atoms with Crippen LogP contribution in [-0.4, -0.2) is 13.6 Å². The van der Waals surface area contributed by atoms with Gasteiger partial charge in [-0.25, -0.2) is 0 Å². The van der Waals surface area contributed by atoms with Crippen LogP contribution >= 0.6 is 0 Å². The van der Waals surface area contributed by atoms with Crippen LogP contribution in [0.25, 0.3) is 0 Å². The SMILES string of the molecule is CCCC(C)/C=C\C=C\CNC. The summed E-state index contributed by atoms with van der Waals surface area (Å²) >= 11 is 0. The molecule has 0 aliphatic heterocycles. The molecule has 1 N–H and O–H groups in total. The molecule has 1 heteroatoms. The van der Waals surface area contributed by atoms with E-state index >= 15 is 0 Å². The van der Waals surface area contributed by atoms with Crippen LogP contribution in [0.5, 0.6) is 0 Å². The predicted molar refractivity (Wildman–Crippen MR) is 56.3 cm³/mol. The van der Waals surface area contributed by atoms with Gasteiger partial charge >= 0.3 is 0 Å². The monoisotopic (exact) mass is 167 g/mol. The molecule has 0 aromatic rings. The van der Waals surface area contributed by atoms with E-state index in [4.69, 9.17) is 0 Å². The Kier molecular flexibility index (Phi) is 8.14. The van der Waals surface area contributed by atoms with Crippen LogP contribution in [0, 0.1) is 5.92 Å². The first-order valence-corrected chi connectivity index (χ1v) is 4.79. The van der Waals surface area contributed by atoms with Gasteiger partial charge in [-0.05, 0) is 19.4 Å². The van der Waals surface area contributed by atoms with Gasteiger partial charge in [-0.15, -0.1) is 0 Å². The van der Waals surface area contributed by atoms with Crippen molar-refractivity contribution in [3.05, 3.63) is 24.3 Å². The Morgan fingerprint density at radius 2 is 2.08 bits per heavy atom. The molecule has 0 saturated carbocycles. The van der Waals surface area contributed by atoms with E-state index in [2.05, 4.69) is 43.5 Å². The lowest BCUT2D eigenvalue weighted by atomic mass is 10.1. The molecular weight excluding hydrogens is 146 g/mol. The fourth-order valence-electron chi connectivity index (χ4n) is 1.07. The molecule has 0 aromatic heterocycles. The lowest BCUT2D eigenvalue weighted by Gasteiger charge is -2.00. The van der Waals surface area contributed by atoms with E-state index in [0.29, 0.717) is 5.92 Å². The van der Waals surface area contributed by atoms with Crippen molar-refractivity contribution in [1.82, 2.24) is 5.32 Å². The first kappa shape index (κ1) is 11.4. The minimum atomic E-state index is 0.717. The summed E-state index contributed by atoms with van der Waals surface area (Å²) in [7, 11) is 1.95. The van der Waals surface area contributed by atoms with E-state index in [1.165, 1.54) is 12.8 Å². The Morgan fingerprint density at radius 1 is 1.33 bits per heavy atom. The van der Waals surface area contributed by atoms with Crippen LogP contribution in [0.1, 0.15) is 26.7 Å². The van der Waals surface area contributed by atoms with Crippen LogP contribution in [0.2, 0.25) is 0 Å². The molecule has 0 heterocycles. The highest BCUT2D eigenvalue weighted by molar-refractivity contribution is 5.04. The van der Waals surface area contributed by atoms with Crippen molar-refractivity contribution in [2.24, 2.45) is 5.92 Å². The second-order valence-corrected chi connectivity index (χ2v) is 3.14. The lowest BCUT2D eigenvalue weighted by molar-refractivity contribution is 0.634. The van der Waals surface area contributed by atoms with Crippen molar-refractivity contribution in [2.75, 3.05) is 13.6 Å². The zero-order valence-corrected chi connectivity index (χ0v) is 8.51. The zero-order chi connectivity index (χ0) is 9.23. The largest absolute Gasteiger partial charge is 0.316 e. The molecule has 1 atom stereocenters. The van der Waals surface area contributed by atoms with Crippen LogP contribution in [0.4, 0.5) is 0 Å². The summed E-state index contributed by atoms with van der Waals surface area (Å²) < 4.78 is 0. The Morgan fingerprint density at radius 3 is 2.67 bits per heavy atom. The van der Waals surface area contributed by atoms with Gasteiger partial charge in [-0.2, -0.15) is 0 Å². The molecule has 70 valence electrons. The molecule has 0 radical (unpaired) electrons. The summed E-state index contributed by atoms with van der Waals surface area (Å²) in [5, 5.41) is 3.06. The normalized spacial score (nSPS) is 14.6. The van der Waals surface area contributed by atoms with E-state index < -0.39 is 0 Å². The van der Waals surface area contributed by atoms with Crippen LogP contribution in [-0.2, 0) is 0 Å². The van der Waals surface area contributed by atoms with Gasteiger partial charge in [0.25, 0.3) is 0 Å². The summed E-state index contributed by atoms with van der Waals surface area (Å²) in [5.41, 5.74) is 0. The van der Waals surface area contributed by atoms with Gasteiger partial charge in [0.15, 0.2) is 0 Å². The van der Waals surface area contributed by atoms with Crippen LogP contribution < -0.4 is 5.32 Å². The van der Waals surface area contributed by atoms with Crippen molar-refractivity contribution in [2.45, 2.75) is 26.7 Å². The number of nitrogens with one attached hydrogen (secondary N) is 1. The van der Waals surface area contributed by atoms with E-state index in [-0.39, 0.29) is 0 Å². The fourth-order valence-corrected chi connectivity index (χ4v) is 1.07. The maximum absolute atomic E-state index is 3.06.